The molecule has 2 aromatic rings. The van der Waals surface area contributed by atoms with E-state index < -0.39 is 0 Å². The van der Waals surface area contributed by atoms with E-state index in [2.05, 4.69) is 4.98 Å². The van der Waals surface area contributed by atoms with Gasteiger partial charge < -0.3 is 14.8 Å². The maximum absolute atomic E-state index is 12.1. The van der Waals surface area contributed by atoms with E-state index in [1.54, 1.807) is 6.92 Å². The number of ether oxygens (including phenoxy) is 1. The van der Waals surface area contributed by atoms with Crippen LogP contribution >= 0.6 is 0 Å². The van der Waals surface area contributed by atoms with Gasteiger partial charge in [0.1, 0.15) is 5.69 Å². The van der Waals surface area contributed by atoms with E-state index in [-0.39, 0.29) is 12.6 Å². The lowest BCUT2D eigenvalue weighted by atomic mass is 10.00. The van der Waals surface area contributed by atoms with Crippen LogP contribution in [0.1, 0.15) is 35.5 Å². The van der Waals surface area contributed by atoms with Crippen LogP contribution in [0.25, 0.3) is 11.3 Å². The van der Waals surface area contributed by atoms with Gasteiger partial charge in [-0.1, -0.05) is 37.3 Å². The molecule has 4 nitrogen and oxygen atoms in total. The molecule has 0 amide bonds. The molecule has 0 aliphatic heterocycles. The lowest BCUT2D eigenvalue weighted by Gasteiger charge is -2.05. The van der Waals surface area contributed by atoms with Crippen molar-refractivity contribution in [2.75, 3.05) is 13.2 Å². The summed E-state index contributed by atoms with van der Waals surface area (Å²) in [6, 6.07) is 9.89. The summed E-state index contributed by atoms with van der Waals surface area (Å²) in [5.41, 5.74) is 4.35. The molecule has 0 atom stereocenters. The number of carbonyl (C=O) groups is 1. The van der Waals surface area contributed by atoms with Crippen LogP contribution in [0.2, 0.25) is 0 Å². The van der Waals surface area contributed by atoms with Crippen LogP contribution in [0.3, 0.4) is 0 Å². The number of benzene rings is 1. The Kier molecular flexibility index (Phi) is 5.17. The second-order valence-electron chi connectivity index (χ2n) is 4.75. The second kappa shape index (κ2) is 7.09. The molecule has 0 fully saturated rings. The van der Waals surface area contributed by atoms with E-state index >= 15 is 0 Å². The number of aromatic amines is 1. The number of esters is 1. The van der Waals surface area contributed by atoms with Crippen LogP contribution in [0.5, 0.6) is 0 Å². The molecule has 2 rings (SSSR count). The molecule has 2 N–H and O–H groups in total. The van der Waals surface area contributed by atoms with Gasteiger partial charge in [-0.2, -0.15) is 0 Å². The number of aliphatic hydroxyl groups excluding tert-OH is 1. The van der Waals surface area contributed by atoms with Gasteiger partial charge in [-0.15, -0.1) is 0 Å². The molecule has 0 spiro atoms. The Labute approximate surface area is 124 Å². The van der Waals surface area contributed by atoms with E-state index in [1.807, 2.05) is 37.3 Å². The highest BCUT2D eigenvalue weighted by Gasteiger charge is 2.22. The fraction of sp³-hybridized carbons (Fsp3) is 0.353. The molecule has 1 aromatic carbocycles. The average molecular weight is 287 g/mol. The van der Waals surface area contributed by atoms with Gasteiger partial charge in [-0.25, -0.2) is 4.79 Å². The Bertz CT molecular complexity index is 602. The maximum atomic E-state index is 12.1. The van der Waals surface area contributed by atoms with Crippen LogP contribution in [-0.4, -0.2) is 29.3 Å². The van der Waals surface area contributed by atoms with E-state index in [0.29, 0.717) is 18.7 Å². The Morgan fingerprint density at radius 1 is 1.19 bits per heavy atom. The number of H-pyrrole nitrogens is 1. The van der Waals surface area contributed by atoms with Crippen molar-refractivity contribution in [1.82, 2.24) is 4.98 Å². The third kappa shape index (κ3) is 3.16. The Balaban J connectivity index is 2.56. The zero-order valence-electron chi connectivity index (χ0n) is 12.5. The fourth-order valence-electron chi connectivity index (χ4n) is 2.58. The minimum atomic E-state index is -0.363. The molecule has 0 bridgehead atoms. The molecule has 0 radical (unpaired) electrons. The number of hydrogen-bond acceptors (Lipinski definition) is 3. The fourth-order valence-corrected chi connectivity index (χ4v) is 2.58. The first-order chi connectivity index (χ1) is 10.2. The number of nitrogens with one attached hydrogen (secondary N) is 1. The summed E-state index contributed by atoms with van der Waals surface area (Å²) in [6.45, 7) is 4.17. The monoisotopic (exact) mass is 287 g/mol. The van der Waals surface area contributed by atoms with Gasteiger partial charge >= 0.3 is 5.97 Å². The maximum Gasteiger partial charge on any atom is 0.355 e. The topological polar surface area (TPSA) is 62.3 Å². The van der Waals surface area contributed by atoms with Gasteiger partial charge in [-0.3, -0.25) is 0 Å². The predicted octanol–water partition coefficient (Wildman–Crippen LogP) is 2.96. The molecule has 0 aliphatic rings. The van der Waals surface area contributed by atoms with Crippen molar-refractivity contribution in [3.05, 3.63) is 47.2 Å². The van der Waals surface area contributed by atoms with Crippen molar-refractivity contribution in [3.63, 3.8) is 0 Å². The van der Waals surface area contributed by atoms with E-state index in [0.717, 1.165) is 28.8 Å². The van der Waals surface area contributed by atoms with Gasteiger partial charge in [-0.05, 0) is 36.5 Å². The molecule has 0 unspecified atom stereocenters. The van der Waals surface area contributed by atoms with E-state index in [9.17, 15) is 9.90 Å². The smallest absolute Gasteiger partial charge is 0.355 e. The lowest BCUT2D eigenvalue weighted by Crippen LogP contribution is -2.09. The van der Waals surface area contributed by atoms with Gasteiger partial charge in [0.05, 0.1) is 6.61 Å². The number of carbonyl (C=O) groups excluding carboxylic acids is 1. The van der Waals surface area contributed by atoms with Crippen LogP contribution in [0.4, 0.5) is 0 Å². The molecule has 4 heteroatoms. The third-order valence-electron chi connectivity index (χ3n) is 3.48. The van der Waals surface area contributed by atoms with E-state index in [1.165, 1.54) is 0 Å². The number of hydrogen-bond donors (Lipinski definition) is 2. The van der Waals surface area contributed by atoms with Crippen LogP contribution in [0, 0.1) is 0 Å². The second-order valence-corrected chi connectivity index (χ2v) is 4.75. The molecule has 112 valence electrons. The first-order valence-corrected chi connectivity index (χ1v) is 7.30. The van der Waals surface area contributed by atoms with Crippen molar-refractivity contribution in [3.8, 4) is 11.3 Å². The van der Waals surface area contributed by atoms with Gasteiger partial charge in [0.25, 0.3) is 0 Å². The lowest BCUT2D eigenvalue weighted by molar-refractivity contribution is 0.0519. The summed E-state index contributed by atoms with van der Waals surface area (Å²) < 4.78 is 5.11. The Hall–Kier alpha value is -2.07. The number of rotatable bonds is 6. The summed E-state index contributed by atoms with van der Waals surface area (Å²) in [7, 11) is 0. The van der Waals surface area contributed by atoms with Crippen molar-refractivity contribution < 1.29 is 14.6 Å². The molecular weight excluding hydrogens is 266 g/mol. The summed E-state index contributed by atoms with van der Waals surface area (Å²) in [4.78, 5) is 15.3. The summed E-state index contributed by atoms with van der Waals surface area (Å²) in [5.74, 6) is -0.363. The average Bonchev–Trinajstić information content (AvgIpc) is 2.87. The first-order valence-electron chi connectivity index (χ1n) is 7.30. The van der Waals surface area contributed by atoms with Crippen molar-refractivity contribution >= 4 is 5.97 Å². The number of aliphatic hydroxyl groups is 1. The molecule has 1 heterocycles. The van der Waals surface area contributed by atoms with Crippen molar-refractivity contribution in [1.29, 1.82) is 0 Å². The first kappa shape index (κ1) is 15.3. The normalized spacial score (nSPS) is 10.6. The molecule has 1 aromatic heterocycles. The SMILES string of the molecule is CCOC(=O)c1[nH]c(-c2ccccc2)c(CC)c1CCO. The van der Waals surface area contributed by atoms with E-state index in [4.69, 9.17) is 4.74 Å². The third-order valence-corrected chi connectivity index (χ3v) is 3.48. The molecule has 0 saturated carbocycles. The molecule has 0 aliphatic carbocycles. The molecule has 21 heavy (non-hydrogen) atoms. The molecule has 0 saturated heterocycles. The number of aromatic nitrogens is 1. The minimum absolute atomic E-state index is 0.00544. The van der Waals surface area contributed by atoms with Gasteiger partial charge in [0.2, 0.25) is 0 Å². The highest BCUT2D eigenvalue weighted by atomic mass is 16.5. The quantitative estimate of drug-likeness (QED) is 0.803. The Morgan fingerprint density at radius 3 is 2.48 bits per heavy atom. The van der Waals surface area contributed by atoms with Crippen LogP contribution < -0.4 is 0 Å². The van der Waals surface area contributed by atoms with Crippen molar-refractivity contribution in [2.45, 2.75) is 26.7 Å². The predicted molar refractivity (Wildman–Crippen MR) is 82.4 cm³/mol. The summed E-state index contributed by atoms with van der Waals surface area (Å²) >= 11 is 0. The van der Waals surface area contributed by atoms with Crippen molar-refractivity contribution in [2.24, 2.45) is 0 Å². The minimum Gasteiger partial charge on any atom is -0.461 e. The van der Waals surface area contributed by atoms with Crippen LogP contribution in [0.15, 0.2) is 30.3 Å². The highest BCUT2D eigenvalue weighted by molar-refractivity contribution is 5.91. The highest BCUT2D eigenvalue weighted by Crippen LogP contribution is 2.29. The standard InChI is InChI=1S/C17H21NO3/c1-3-13-14(10-11-19)16(17(20)21-4-2)18-15(13)12-8-6-5-7-9-12/h5-9,18-19H,3-4,10-11H2,1-2H3. The molecular formula is C17H21NO3. The summed E-state index contributed by atoms with van der Waals surface area (Å²) in [6.07, 6.45) is 1.23. The zero-order chi connectivity index (χ0) is 15.2. The van der Waals surface area contributed by atoms with Crippen LogP contribution in [-0.2, 0) is 17.6 Å². The van der Waals surface area contributed by atoms with Gasteiger partial charge in [0.15, 0.2) is 0 Å². The zero-order valence-corrected chi connectivity index (χ0v) is 12.5. The largest absolute Gasteiger partial charge is 0.461 e. The van der Waals surface area contributed by atoms with Gasteiger partial charge in [0, 0.05) is 12.3 Å². The summed E-state index contributed by atoms with van der Waals surface area (Å²) in [5, 5.41) is 9.29. The Morgan fingerprint density at radius 2 is 1.90 bits per heavy atom.